The predicted molar refractivity (Wildman–Crippen MR) is 73.7 cm³/mol. The largest absolute Gasteiger partial charge is 0.493 e. The Labute approximate surface area is 109 Å². The van der Waals surface area contributed by atoms with E-state index >= 15 is 0 Å². The maximum atomic E-state index is 5.29. The number of anilines is 1. The summed E-state index contributed by atoms with van der Waals surface area (Å²) in [6.45, 7) is 2.09. The number of ether oxygens (including phenoxy) is 2. The molecule has 4 nitrogen and oxygen atoms in total. The Hall–Kier alpha value is -1.42. The molecule has 100 valence electrons. The maximum absolute atomic E-state index is 5.29. The summed E-state index contributed by atoms with van der Waals surface area (Å²) in [4.78, 5) is 0. The number of rotatable bonds is 5. The van der Waals surface area contributed by atoms with Crippen molar-refractivity contribution in [2.45, 2.75) is 25.3 Å². The van der Waals surface area contributed by atoms with Crippen LogP contribution in [0, 0.1) is 0 Å². The first kappa shape index (κ1) is 13.0. The van der Waals surface area contributed by atoms with E-state index in [0.29, 0.717) is 6.04 Å². The summed E-state index contributed by atoms with van der Waals surface area (Å²) in [6.07, 6.45) is 3.87. The van der Waals surface area contributed by atoms with Gasteiger partial charge in [0.2, 0.25) is 0 Å². The van der Waals surface area contributed by atoms with Crippen molar-refractivity contribution in [2.24, 2.45) is 0 Å². The molecule has 0 amide bonds. The number of benzene rings is 1. The molecule has 1 aliphatic heterocycles. The third-order valence-corrected chi connectivity index (χ3v) is 3.35. The summed E-state index contributed by atoms with van der Waals surface area (Å²) in [5.74, 6) is 1.53. The highest BCUT2D eigenvalue weighted by atomic mass is 16.5. The first-order chi connectivity index (χ1) is 8.83. The van der Waals surface area contributed by atoms with E-state index in [0.717, 1.165) is 30.3 Å². The second-order valence-electron chi connectivity index (χ2n) is 4.60. The van der Waals surface area contributed by atoms with Crippen LogP contribution in [0.25, 0.3) is 0 Å². The monoisotopic (exact) mass is 250 g/mol. The van der Waals surface area contributed by atoms with E-state index in [9.17, 15) is 0 Å². The quantitative estimate of drug-likeness (QED) is 0.841. The Morgan fingerprint density at radius 1 is 1.22 bits per heavy atom. The maximum Gasteiger partial charge on any atom is 0.162 e. The molecule has 0 saturated carbocycles. The van der Waals surface area contributed by atoms with E-state index in [1.165, 1.54) is 19.3 Å². The van der Waals surface area contributed by atoms with Gasteiger partial charge in [-0.1, -0.05) is 6.42 Å². The highest BCUT2D eigenvalue weighted by Gasteiger charge is 2.12. The molecule has 0 spiro atoms. The van der Waals surface area contributed by atoms with Crippen molar-refractivity contribution in [1.29, 1.82) is 0 Å². The normalized spacial score (nSPS) is 19.3. The molecular weight excluding hydrogens is 228 g/mol. The fraction of sp³-hybridized carbons (Fsp3) is 0.571. The molecule has 1 aromatic rings. The van der Waals surface area contributed by atoms with Crippen molar-refractivity contribution < 1.29 is 9.47 Å². The molecule has 0 radical (unpaired) electrons. The lowest BCUT2D eigenvalue weighted by Crippen LogP contribution is -2.39. The van der Waals surface area contributed by atoms with Gasteiger partial charge in [0, 0.05) is 24.3 Å². The summed E-state index contributed by atoms with van der Waals surface area (Å²) in [5.41, 5.74) is 1.07. The first-order valence-electron chi connectivity index (χ1n) is 6.53. The van der Waals surface area contributed by atoms with Crippen LogP contribution in [0.5, 0.6) is 11.5 Å². The van der Waals surface area contributed by atoms with Crippen LogP contribution in [0.4, 0.5) is 5.69 Å². The molecule has 2 rings (SSSR count). The van der Waals surface area contributed by atoms with Gasteiger partial charge in [0.05, 0.1) is 14.2 Å². The molecule has 1 atom stereocenters. The van der Waals surface area contributed by atoms with E-state index in [-0.39, 0.29) is 0 Å². The van der Waals surface area contributed by atoms with Crippen LogP contribution >= 0.6 is 0 Å². The summed E-state index contributed by atoms with van der Waals surface area (Å²) in [5, 5.41) is 6.96. The van der Waals surface area contributed by atoms with Gasteiger partial charge in [0.1, 0.15) is 0 Å². The van der Waals surface area contributed by atoms with Gasteiger partial charge < -0.3 is 20.1 Å². The van der Waals surface area contributed by atoms with Gasteiger partial charge in [0.25, 0.3) is 0 Å². The minimum atomic E-state index is 0.576. The second kappa shape index (κ2) is 6.50. The average Bonchev–Trinajstić information content (AvgIpc) is 2.45. The molecule has 2 N–H and O–H groups in total. The van der Waals surface area contributed by atoms with Crippen LogP contribution in [0.1, 0.15) is 19.3 Å². The predicted octanol–water partition coefficient (Wildman–Crippen LogP) is 2.26. The van der Waals surface area contributed by atoms with Gasteiger partial charge in [-0.3, -0.25) is 0 Å². The van der Waals surface area contributed by atoms with Crippen LogP contribution in [0.2, 0.25) is 0 Å². The molecule has 4 heteroatoms. The zero-order valence-corrected chi connectivity index (χ0v) is 11.2. The zero-order chi connectivity index (χ0) is 12.8. The third kappa shape index (κ3) is 3.29. The van der Waals surface area contributed by atoms with Gasteiger partial charge in [0.15, 0.2) is 11.5 Å². The zero-order valence-electron chi connectivity index (χ0n) is 11.2. The Morgan fingerprint density at radius 3 is 2.72 bits per heavy atom. The Morgan fingerprint density at radius 2 is 2.06 bits per heavy atom. The lowest BCUT2D eigenvalue weighted by Gasteiger charge is -2.24. The molecule has 1 heterocycles. The standard InChI is InChI=1S/C14H22N2O2/c1-17-13-7-6-11(9-14(13)18-2)16-10-12-5-3-4-8-15-12/h6-7,9,12,15-16H,3-5,8,10H2,1-2H3. The van der Waals surface area contributed by atoms with Gasteiger partial charge in [-0.15, -0.1) is 0 Å². The molecule has 1 fully saturated rings. The number of methoxy groups -OCH3 is 2. The first-order valence-corrected chi connectivity index (χ1v) is 6.53. The second-order valence-corrected chi connectivity index (χ2v) is 4.60. The summed E-state index contributed by atoms with van der Waals surface area (Å²) < 4.78 is 10.5. The fourth-order valence-corrected chi connectivity index (χ4v) is 2.29. The van der Waals surface area contributed by atoms with E-state index in [1.807, 2.05) is 18.2 Å². The molecule has 0 aromatic heterocycles. The number of hydrogen-bond donors (Lipinski definition) is 2. The lowest BCUT2D eigenvalue weighted by atomic mass is 10.1. The summed E-state index contributed by atoms with van der Waals surface area (Å²) in [6, 6.07) is 6.49. The van der Waals surface area contributed by atoms with Crippen LogP contribution in [-0.2, 0) is 0 Å². The van der Waals surface area contributed by atoms with E-state index < -0.39 is 0 Å². The molecule has 1 saturated heterocycles. The fourth-order valence-electron chi connectivity index (χ4n) is 2.29. The molecular formula is C14H22N2O2. The topological polar surface area (TPSA) is 42.5 Å². The minimum Gasteiger partial charge on any atom is -0.493 e. The molecule has 18 heavy (non-hydrogen) atoms. The number of hydrogen-bond acceptors (Lipinski definition) is 4. The van der Waals surface area contributed by atoms with Crippen LogP contribution in [0.15, 0.2) is 18.2 Å². The van der Waals surface area contributed by atoms with Crippen molar-refractivity contribution in [3.8, 4) is 11.5 Å². The summed E-state index contributed by atoms with van der Waals surface area (Å²) >= 11 is 0. The van der Waals surface area contributed by atoms with Crippen molar-refractivity contribution >= 4 is 5.69 Å². The smallest absolute Gasteiger partial charge is 0.162 e. The van der Waals surface area contributed by atoms with Crippen molar-refractivity contribution in [1.82, 2.24) is 5.32 Å². The molecule has 0 bridgehead atoms. The number of piperidine rings is 1. The molecule has 1 aromatic carbocycles. The highest BCUT2D eigenvalue weighted by Crippen LogP contribution is 2.29. The minimum absolute atomic E-state index is 0.576. The Kier molecular flexibility index (Phi) is 4.70. The van der Waals surface area contributed by atoms with Gasteiger partial charge in [-0.2, -0.15) is 0 Å². The van der Waals surface area contributed by atoms with E-state index in [2.05, 4.69) is 10.6 Å². The lowest BCUT2D eigenvalue weighted by molar-refractivity contribution is 0.355. The van der Waals surface area contributed by atoms with Gasteiger partial charge >= 0.3 is 0 Å². The Bertz CT molecular complexity index is 376. The van der Waals surface area contributed by atoms with Crippen LogP contribution in [0.3, 0.4) is 0 Å². The average molecular weight is 250 g/mol. The third-order valence-electron chi connectivity index (χ3n) is 3.35. The van der Waals surface area contributed by atoms with Crippen LogP contribution in [-0.4, -0.2) is 33.4 Å². The summed E-state index contributed by atoms with van der Waals surface area (Å²) in [7, 11) is 3.31. The molecule has 1 unspecified atom stereocenters. The molecule has 0 aliphatic carbocycles. The Balaban J connectivity index is 1.92. The van der Waals surface area contributed by atoms with Gasteiger partial charge in [-0.25, -0.2) is 0 Å². The van der Waals surface area contributed by atoms with Gasteiger partial charge in [-0.05, 0) is 31.5 Å². The van der Waals surface area contributed by atoms with Crippen LogP contribution < -0.4 is 20.1 Å². The van der Waals surface area contributed by atoms with E-state index in [4.69, 9.17) is 9.47 Å². The SMILES string of the molecule is COc1ccc(NCC2CCCCN2)cc1OC. The van der Waals surface area contributed by atoms with E-state index in [1.54, 1.807) is 14.2 Å². The highest BCUT2D eigenvalue weighted by molar-refractivity contribution is 5.54. The molecule has 1 aliphatic rings. The van der Waals surface area contributed by atoms with Crippen molar-refractivity contribution in [3.05, 3.63) is 18.2 Å². The van der Waals surface area contributed by atoms with Crippen molar-refractivity contribution in [2.75, 3.05) is 32.6 Å². The van der Waals surface area contributed by atoms with Crippen molar-refractivity contribution in [3.63, 3.8) is 0 Å². The number of nitrogens with one attached hydrogen (secondary N) is 2.